The van der Waals surface area contributed by atoms with Crippen molar-refractivity contribution in [2.24, 2.45) is 0 Å². The lowest BCUT2D eigenvalue weighted by Gasteiger charge is -2.12. The summed E-state index contributed by atoms with van der Waals surface area (Å²) in [5.41, 5.74) is 1.33. The topological polar surface area (TPSA) is 24.1 Å². The summed E-state index contributed by atoms with van der Waals surface area (Å²) in [6, 6.07) is 0. The largest absolute Gasteiger partial charge is 0.378 e. The Morgan fingerprint density at radius 1 is 1.77 bits per heavy atom. The first-order valence-corrected chi connectivity index (χ1v) is 7.67. The number of halogens is 1. The summed E-state index contributed by atoms with van der Waals surface area (Å²) in [5.74, 6) is 3.25. The number of thioether (sulfide) groups is 2. The van der Waals surface area contributed by atoms with Crippen LogP contribution in [0.2, 0.25) is 0 Å². The highest BCUT2D eigenvalue weighted by atomic mass is 127. The molecule has 13 heavy (non-hydrogen) atoms. The number of hydrogen-bond acceptors (Lipinski definition) is 4. The Kier molecular flexibility index (Phi) is 5.93. The first-order valence-electron chi connectivity index (χ1n) is 4.28. The second kappa shape index (κ2) is 6.42. The minimum Gasteiger partial charge on any atom is -0.378 e. The zero-order valence-electron chi connectivity index (χ0n) is 7.89. The van der Waals surface area contributed by atoms with Gasteiger partial charge in [0, 0.05) is 16.5 Å². The summed E-state index contributed by atoms with van der Waals surface area (Å²) in [6.45, 7) is 4.33. The van der Waals surface area contributed by atoms with Gasteiger partial charge in [-0.3, -0.25) is 5.32 Å². The fraction of sp³-hybridized carbons (Fsp3) is 0.750. The van der Waals surface area contributed by atoms with Crippen molar-refractivity contribution in [1.82, 2.24) is 10.6 Å². The zero-order valence-corrected chi connectivity index (χ0v) is 11.7. The fourth-order valence-corrected chi connectivity index (χ4v) is 3.98. The van der Waals surface area contributed by atoms with Gasteiger partial charge in [-0.15, -0.1) is 23.5 Å². The van der Waals surface area contributed by atoms with Crippen LogP contribution in [0.5, 0.6) is 0 Å². The van der Waals surface area contributed by atoms with Gasteiger partial charge >= 0.3 is 0 Å². The van der Waals surface area contributed by atoms with E-state index in [-0.39, 0.29) is 0 Å². The van der Waals surface area contributed by atoms with Crippen LogP contribution in [0.25, 0.3) is 0 Å². The van der Waals surface area contributed by atoms with Crippen molar-refractivity contribution in [3.8, 4) is 0 Å². The molecular weight excluding hydrogens is 315 g/mol. The van der Waals surface area contributed by atoms with Gasteiger partial charge in [-0.2, -0.15) is 0 Å². The summed E-state index contributed by atoms with van der Waals surface area (Å²) < 4.78 is 0.469. The Labute approximate surface area is 102 Å². The molecule has 0 saturated carbocycles. The van der Waals surface area contributed by atoms with Crippen molar-refractivity contribution in [3.05, 3.63) is 10.6 Å². The van der Waals surface area contributed by atoms with Gasteiger partial charge in [-0.05, 0) is 12.7 Å². The molecule has 1 aliphatic heterocycles. The van der Waals surface area contributed by atoms with Crippen molar-refractivity contribution >= 4 is 46.1 Å². The van der Waals surface area contributed by atoms with Gasteiger partial charge in [0.1, 0.15) is 0 Å². The van der Waals surface area contributed by atoms with Crippen LogP contribution in [0.3, 0.4) is 0 Å². The van der Waals surface area contributed by atoms with Gasteiger partial charge in [0.15, 0.2) is 0 Å². The van der Waals surface area contributed by atoms with E-state index in [0.29, 0.717) is 4.05 Å². The van der Waals surface area contributed by atoms with E-state index in [0.717, 1.165) is 11.8 Å². The number of allylic oxidation sites excluding steroid dienone is 1. The average molecular weight is 330 g/mol. The van der Waals surface area contributed by atoms with Crippen molar-refractivity contribution in [1.29, 1.82) is 0 Å². The number of alkyl halides is 1. The van der Waals surface area contributed by atoms with Crippen LogP contribution in [-0.4, -0.2) is 21.6 Å². The highest BCUT2D eigenvalue weighted by Crippen LogP contribution is 2.30. The molecule has 0 saturated heterocycles. The molecule has 1 heterocycles. The lowest BCUT2D eigenvalue weighted by Crippen LogP contribution is -2.24. The zero-order chi connectivity index (χ0) is 9.68. The summed E-state index contributed by atoms with van der Waals surface area (Å²) in [7, 11) is 0. The van der Waals surface area contributed by atoms with Gasteiger partial charge in [-0.25, -0.2) is 0 Å². The Bertz CT molecular complexity index is 197. The molecule has 2 nitrogen and oxygen atoms in total. The molecule has 0 radical (unpaired) electrons. The van der Waals surface area contributed by atoms with Gasteiger partial charge in [0.05, 0.1) is 9.93 Å². The molecule has 0 aliphatic carbocycles. The summed E-state index contributed by atoms with van der Waals surface area (Å²) in [4.78, 5) is 1.46. The van der Waals surface area contributed by atoms with E-state index in [1.165, 1.54) is 16.4 Å². The monoisotopic (exact) mass is 330 g/mol. The van der Waals surface area contributed by atoms with E-state index in [1.54, 1.807) is 0 Å². The van der Waals surface area contributed by atoms with Crippen molar-refractivity contribution in [2.75, 3.05) is 17.5 Å². The van der Waals surface area contributed by atoms with Gasteiger partial charge in [0.25, 0.3) is 0 Å². The molecule has 76 valence electrons. The van der Waals surface area contributed by atoms with E-state index in [4.69, 9.17) is 0 Å². The average Bonchev–Trinajstić information content (AvgIpc) is 2.52. The van der Waals surface area contributed by atoms with Crippen LogP contribution in [-0.2, 0) is 0 Å². The second-order valence-electron chi connectivity index (χ2n) is 2.66. The molecule has 0 aromatic heterocycles. The van der Waals surface area contributed by atoms with Gasteiger partial charge < -0.3 is 5.32 Å². The summed E-state index contributed by atoms with van der Waals surface area (Å²) in [5, 5.41) is 6.82. The minimum absolute atomic E-state index is 0.469. The molecule has 0 fully saturated rings. The molecule has 0 amide bonds. The smallest absolute Gasteiger partial charge is 0.0932 e. The Hall–Kier alpha value is 0.930. The quantitative estimate of drug-likeness (QED) is 0.266. The molecule has 1 rings (SSSR count). The molecule has 2 N–H and O–H groups in total. The van der Waals surface area contributed by atoms with Crippen LogP contribution in [0.1, 0.15) is 13.8 Å². The van der Waals surface area contributed by atoms with Crippen molar-refractivity contribution in [2.45, 2.75) is 17.9 Å². The maximum absolute atomic E-state index is 3.49. The standard InChI is InChI=1S/C8H15IN2S2/c1-3-12-4-11-8(9)7-6(2)10-5-13-7/h8,10-11H,3-5H2,1-2H3/t8-/m1/s1. The molecule has 5 heteroatoms. The van der Waals surface area contributed by atoms with Crippen molar-refractivity contribution in [3.63, 3.8) is 0 Å². The predicted octanol–water partition coefficient (Wildman–Crippen LogP) is 2.57. The van der Waals surface area contributed by atoms with Crippen LogP contribution >= 0.6 is 46.1 Å². The number of hydrogen-bond donors (Lipinski definition) is 2. The van der Waals surface area contributed by atoms with Crippen LogP contribution in [0.4, 0.5) is 0 Å². The maximum Gasteiger partial charge on any atom is 0.0932 e. The highest BCUT2D eigenvalue weighted by molar-refractivity contribution is 14.1. The molecule has 0 aromatic carbocycles. The third kappa shape index (κ3) is 3.89. The normalized spacial score (nSPS) is 19.0. The van der Waals surface area contributed by atoms with Crippen LogP contribution in [0, 0.1) is 0 Å². The Balaban J connectivity index is 2.30. The molecule has 0 aromatic rings. The lowest BCUT2D eigenvalue weighted by molar-refractivity contribution is 0.843. The third-order valence-corrected chi connectivity index (χ3v) is 5.14. The first-order chi connectivity index (χ1) is 6.25. The summed E-state index contributed by atoms with van der Waals surface area (Å²) in [6.07, 6.45) is 0. The minimum atomic E-state index is 0.469. The third-order valence-electron chi connectivity index (χ3n) is 1.73. The molecule has 0 unspecified atom stereocenters. The Morgan fingerprint density at radius 3 is 3.08 bits per heavy atom. The molecular formula is C8H15IN2S2. The Morgan fingerprint density at radius 2 is 2.54 bits per heavy atom. The molecule has 1 atom stereocenters. The van der Waals surface area contributed by atoms with E-state index >= 15 is 0 Å². The van der Waals surface area contributed by atoms with Crippen LogP contribution < -0.4 is 10.6 Å². The number of nitrogens with one attached hydrogen (secondary N) is 2. The molecule has 1 aliphatic rings. The number of rotatable bonds is 5. The lowest BCUT2D eigenvalue weighted by atomic mass is 10.4. The fourth-order valence-electron chi connectivity index (χ4n) is 1.01. The maximum atomic E-state index is 3.49. The van der Waals surface area contributed by atoms with E-state index < -0.39 is 0 Å². The second-order valence-corrected chi connectivity index (χ2v) is 6.20. The molecule has 0 bridgehead atoms. The van der Waals surface area contributed by atoms with Gasteiger partial charge in [0.2, 0.25) is 0 Å². The van der Waals surface area contributed by atoms with E-state index in [1.807, 2.05) is 23.5 Å². The summed E-state index contributed by atoms with van der Waals surface area (Å²) >= 11 is 6.29. The predicted molar refractivity (Wildman–Crippen MR) is 72.2 cm³/mol. The van der Waals surface area contributed by atoms with Crippen molar-refractivity contribution < 1.29 is 0 Å². The van der Waals surface area contributed by atoms with E-state index in [2.05, 4.69) is 47.1 Å². The van der Waals surface area contributed by atoms with E-state index in [9.17, 15) is 0 Å². The first kappa shape index (κ1) is 12.0. The molecule has 0 spiro atoms. The van der Waals surface area contributed by atoms with Gasteiger partial charge in [-0.1, -0.05) is 29.5 Å². The van der Waals surface area contributed by atoms with Crippen LogP contribution in [0.15, 0.2) is 10.6 Å². The highest BCUT2D eigenvalue weighted by Gasteiger charge is 2.17. The SMILES string of the molecule is CCSCN[C@@H](I)C1=C(C)NCS1.